The zero-order valence-electron chi connectivity index (χ0n) is 11.4. The molecule has 2 aromatic rings. The zero-order chi connectivity index (χ0) is 14.5. The molecule has 106 valence electrons. The van der Waals surface area contributed by atoms with Gasteiger partial charge in [-0.1, -0.05) is 25.2 Å². The highest BCUT2D eigenvalue weighted by atomic mass is 32.1. The smallest absolute Gasteiger partial charge is 0.269 e. The summed E-state index contributed by atoms with van der Waals surface area (Å²) in [7, 11) is 0. The number of nitro benzene ring substituents is 1. The SMILES string of the molecule is CC(C)NCCc1nnc(-c2ccc([N+](=O)[O-])cc2)s1. The molecule has 20 heavy (non-hydrogen) atoms. The third kappa shape index (κ3) is 3.82. The van der Waals surface area contributed by atoms with Crippen molar-refractivity contribution in [3.8, 4) is 10.6 Å². The fourth-order valence-electron chi connectivity index (χ4n) is 1.66. The molecule has 1 heterocycles. The van der Waals surface area contributed by atoms with Crippen LogP contribution in [0, 0.1) is 10.1 Å². The lowest BCUT2D eigenvalue weighted by Gasteiger charge is -2.05. The number of non-ortho nitro benzene ring substituents is 1. The summed E-state index contributed by atoms with van der Waals surface area (Å²) >= 11 is 1.52. The summed E-state index contributed by atoms with van der Waals surface area (Å²) in [5, 5.41) is 24.0. The average Bonchev–Trinajstić information content (AvgIpc) is 2.87. The van der Waals surface area contributed by atoms with Crippen LogP contribution in [0.25, 0.3) is 10.6 Å². The molecule has 0 unspecified atom stereocenters. The van der Waals surface area contributed by atoms with Crippen LogP contribution in [-0.4, -0.2) is 27.7 Å². The summed E-state index contributed by atoms with van der Waals surface area (Å²) in [5.41, 5.74) is 0.941. The van der Waals surface area contributed by atoms with Gasteiger partial charge in [0, 0.05) is 36.7 Å². The first-order valence-electron chi connectivity index (χ1n) is 6.37. The fraction of sp³-hybridized carbons (Fsp3) is 0.385. The van der Waals surface area contributed by atoms with Crippen LogP contribution in [0.5, 0.6) is 0 Å². The van der Waals surface area contributed by atoms with Crippen LogP contribution >= 0.6 is 11.3 Å². The van der Waals surface area contributed by atoms with Crippen molar-refractivity contribution in [2.75, 3.05) is 6.54 Å². The molecule has 0 aliphatic carbocycles. The van der Waals surface area contributed by atoms with E-state index in [1.807, 2.05) is 0 Å². The van der Waals surface area contributed by atoms with Gasteiger partial charge in [-0.05, 0) is 12.1 Å². The third-order valence-electron chi connectivity index (χ3n) is 2.68. The Morgan fingerprint density at radius 1 is 1.30 bits per heavy atom. The minimum atomic E-state index is -0.410. The predicted molar refractivity (Wildman–Crippen MR) is 78.8 cm³/mol. The van der Waals surface area contributed by atoms with Gasteiger partial charge in [0.05, 0.1) is 4.92 Å². The van der Waals surface area contributed by atoms with E-state index in [-0.39, 0.29) is 5.69 Å². The molecule has 1 aromatic carbocycles. The molecule has 0 aliphatic rings. The van der Waals surface area contributed by atoms with Crippen molar-refractivity contribution in [1.29, 1.82) is 0 Å². The number of nitrogens with one attached hydrogen (secondary N) is 1. The van der Waals surface area contributed by atoms with E-state index in [1.54, 1.807) is 12.1 Å². The fourth-order valence-corrected chi connectivity index (χ4v) is 2.51. The Labute approximate surface area is 121 Å². The van der Waals surface area contributed by atoms with Crippen LogP contribution in [0.15, 0.2) is 24.3 Å². The minimum absolute atomic E-state index is 0.0830. The zero-order valence-corrected chi connectivity index (χ0v) is 12.2. The number of hydrogen-bond acceptors (Lipinski definition) is 6. The normalized spacial score (nSPS) is 10.9. The van der Waals surface area contributed by atoms with Crippen molar-refractivity contribution < 1.29 is 4.92 Å². The van der Waals surface area contributed by atoms with E-state index >= 15 is 0 Å². The third-order valence-corrected chi connectivity index (χ3v) is 3.72. The molecule has 6 nitrogen and oxygen atoms in total. The highest BCUT2D eigenvalue weighted by Crippen LogP contribution is 2.25. The van der Waals surface area contributed by atoms with Crippen LogP contribution < -0.4 is 5.32 Å². The van der Waals surface area contributed by atoms with Crippen LogP contribution in [0.1, 0.15) is 18.9 Å². The highest BCUT2D eigenvalue weighted by Gasteiger charge is 2.09. The molecule has 0 amide bonds. The first-order chi connectivity index (χ1) is 9.56. The number of benzene rings is 1. The maximum Gasteiger partial charge on any atom is 0.269 e. The molecule has 7 heteroatoms. The van der Waals surface area contributed by atoms with Gasteiger partial charge in [0.25, 0.3) is 5.69 Å². The monoisotopic (exact) mass is 292 g/mol. The lowest BCUT2D eigenvalue weighted by Crippen LogP contribution is -2.24. The summed E-state index contributed by atoms with van der Waals surface area (Å²) in [4.78, 5) is 10.2. The Bertz CT molecular complexity index is 580. The summed E-state index contributed by atoms with van der Waals surface area (Å²) < 4.78 is 0. The van der Waals surface area contributed by atoms with Gasteiger partial charge in [-0.25, -0.2) is 0 Å². The summed E-state index contributed by atoms with van der Waals surface area (Å²) in [5.74, 6) is 0. The molecule has 0 atom stereocenters. The van der Waals surface area contributed by atoms with Crippen LogP contribution in [-0.2, 0) is 6.42 Å². The molecule has 0 fully saturated rings. The van der Waals surface area contributed by atoms with Gasteiger partial charge in [-0.15, -0.1) is 10.2 Å². The molecule has 1 aromatic heterocycles. The lowest BCUT2D eigenvalue weighted by molar-refractivity contribution is -0.384. The van der Waals surface area contributed by atoms with Crippen molar-refractivity contribution in [2.24, 2.45) is 0 Å². The van der Waals surface area contributed by atoms with Gasteiger partial charge >= 0.3 is 0 Å². The lowest BCUT2D eigenvalue weighted by atomic mass is 10.2. The van der Waals surface area contributed by atoms with E-state index in [1.165, 1.54) is 23.5 Å². The Balaban J connectivity index is 2.02. The Morgan fingerprint density at radius 3 is 2.60 bits per heavy atom. The van der Waals surface area contributed by atoms with Gasteiger partial charge in [0.1, 0.15) is 10.0 Å². The van der Waals surface area contributed by atoms with E-state index in [0.717, 1.165) is 28.5 Å². The molecule has 2 rings (SSSR count). The Morgan fingerprint density at radius 2 is 2.00 bits per heavy atom. The van der Waals surface area contributed by atoms with Crippen LogP contribution in [0.2, 0.25) is 0 Å². The second kappa shape index (κ2) is 6.53. The van der Waals surface area contributed by atoms with Gasteiger partial charge in [-0.2, -0.15) is 0 Å². The molecule has 0 spiro atoms. The first-order valence-corrected chi connectivity index (χ1v) is 7.18. The first kappa shape index (κ1) is 14.5. The van der Waals surface area contributed by atoms with E-state index < -0.39 is 4.92 Å². The molecule has 0 saturated carbocycles. The molecule has 0 radical (unpaired) electrons. The number of nitro groups is 1. The molecular formula is C13H16N4O2S. The predicted octanol–water partition coefficient (Wildman–Crippen LogP) is 2.65. The van der Waals surface area contributed by atoms with Crippen LogP contribution in [0.3, 0.4) is 0 Å². The van der Waals surface area contributed by atoms with Crippen molar-refractivity contribution in [3.63, 3.8) is 0 Å². The molecule has 0 saturated heterocycles. The quantitative estimate of drug-likeness (QED) is 0.654. The standard InChI is InChI=1S/C13H16N4O2S/c1-9(2)14-8-7-12-15-16-13(20-12)10-3-5-11(6-4-10)17(18)19/h3-6,9,14H,7-8H2,1-2H3. The van der Waals surface area contributed by atoms with Gasteiger partial charge < -0.3 is 5.32 Å². The van der Waals surface area contributed by atoms with Gasteiger partial charge in [0.15, 0.2) is 0 Å². The topological polar surface area (TPSA) is 81.0 Å². The van der Waals surface area contributed by atoms with E-state index in [0.29, 0.717) is 6.04 Å². The number of nitrogens with zero attached hydrogens (tertiary/aromatic N) is 3. The average molecular weight is 292 g/mol. The van der Waals surface area contributed by atoms with Crippen LogP contribution in [0.4, 0.5) is 5.69 Å². The molecule has 0 bridgehead atoms. The Hall–Kier alpha value is -1.86. The second-order valence-corrected chi connectivity index (χ2v) is 5.73. The van der Waals surface area contributed by atoms with E-state index in [4.69, 9.17) is 0 Å². The molecule has 0 aliphatic heterocycles. The number of hydrogen-bond donors (Lipinski definition) is 1. The summed E-state index contributed by atoms with van der Waals surface area (Å²) in [6.45, 7) is 5.07. The van der Waals surface area contributed by atoms with Gasteiger partial charge in [-0.3, -0.25) is 10.1 Å². The number of rotatable bonds is 6. The Kier molecular flexibility index (Phi) is 4.75. The minimum Gasteiger partial charge on any atom is -0.314 e. The maximum atomic E-state index is 10.6. The van der Waals surface area contributed by atoms with Crippen molar-refractivity contribution >= 4 is 17.0 Å². The second-order valence-electron chi connectivity index (χ2n) is 4.66. The highest BCUT2D eigenvalue weighted by molar-refractivity contribution is 7.14. The molecule has 1 N–H and O–H groups in total. The molecular weight excluding hydrogens is 276 g/mol. The van der Waals surface area contributed by atoms with Crippen molar-refractivity contribution in [3.05, 3.63) is 39.4 Å². The van der Waals surface area contributed by atoms with Crippen molar-refractivity contribution in [2.45, 2.75) is 26.3 Å². The van der Waals surface area contributed by atoms with E-state index in [9.17, 15) is 10.1 Å². The van der Waals surface area contributed by atoms with E-state index in [2.05, 4.69) is 29.4 Å². The largest absolute Gasteiger partial charge is 0.314 e. The van der Waals surface area contributed by atoms with Gasteiger partial charge in [0.2, 0.25) is 0 Å². The maximum absolute atomic E-state index is 10.6. The summed E-state index contributed by atoms with van der Waals surface area (Å²) in [6, 6.07) is 6.83. The number of aromatic nitrogens is 2. The summed E-state index contributed by atoms with van der Waals surface area (Å²) in [6.07, 6.45) is 0.836. The van der Waals surface area contributed by atoms with Crippen molar-refractivity contribution in [1.82, 2.24) is 15.5 Å².